The van der Waals surface area contributed by atoms with Crippen LogP contribution in [0.2, 0.25) is 5.02 Å². The normalized spacial score (nSPS) is 11.0. The number of imidazole rings is 1. The SMILES string of the molecule is Cc1ccc(Cl)cc1NC(=O)c1sc2nc(-c3cccc([N+](=O)[O-])c3)cn2c1C. The quantitative estimate of drug-likeness (QED) is 0.345. The largest absolute Gasteiger partial charge is 0.321 e. The second-order valence-corrected chi connectivity index (χ2v) is 7.93. The van der Waals surface area contributed by atoms with Gasteiger partial charge in [0.05, 0.1) is 10.6 Å². The molecule has 9 heteroatoms. The topological polar surface area (TPSA) is 89.5 Å². The number of amides is 1. The smallest absolute Gasteiger partial charge is 0.270 e. The average Bonchev–Trinajstić information content (AvgIpc) is 3.24. The van der Waals surface area contributed by atoms with Crippen LogP contribution in [0.15, 0.2) is 48.7 Å². The van der Waals surface area contributed by atoms with E-state index in [-0.39, 0.29) is 11.6 Å². The van der Waals surface area contributed by atoms with Gasteiger partial charge in [-0.1, -0.05) is 41.1 Å². The summed E-state index contributed by atoms with van der Waals surface area (Å²) in [5.74, 6) is -0.236. The zero-order valence-electron chi connectivity index (χ0n) is 15.5. The zero-order valence-corrected chi connectivity index (χ0v) is 17.0. The number of thiazole rings is 1. The van der Waals surface area contributed by atoms with E-state index >= 15 is 0 Å². The Labute approximate surface area is 174 Å². The molecule has 4 aromatic rings. The van der Waals surface area contributed by atoms with Gasteiger partial charge in [-0.15, -0.1) is 0 Å². The Bertz CT molecular complexity index is 1280. The number of carbonyl (C=O) groups excluding carboxylic acids is 1. The molecular weight excluding hydrogens is 412 g/mol. The third-order valence-electron chi connectivity index (χ3n) is 4.56. The minimum atomic E-state index is -0.437. The highest BCUT2D eigenvalue weighted by atomic mass is 35.5. The van der Waals surface area contributed by atoms with E-state index in [1.807, 2.05) is 24.3 Å². The predicted molar refractivity (Wildman–Crippen MR) is 114 cm³/mol. The molecule has 7 nitrogen and oxygen atoms in total. The number of nitrogens with zero attached hydrogens (tertiary/aromatic N) is 3. The fourth-order valence-electron chi connectivity index (χ4n) is 2.99. The lowest BCUT2D eigenvalue weighted by molar-refractivity contribution is -0.384. The van der Waals surface area contributed by atoms with Crippen LogP contribution in [0.5, 0.6) is 0 Å². The van der Waals surface area contributed by atoms with Gasteiger partial charge in [-0.25, -0.2) is 4.98 Å². The third kappa shape index (κ3) is 3.59. The van der Waals surface area contributed by atoms with E-state index in [1.54, 1.807) is 30.5 Å². The highest BCUT2D eigenvalue weighted by molar-refractivity contribution is 7.19. The van der Waals surface area contributed by atoms with Crippen LogP contribution in [0.3, 0.4) is 0 Å². The number of halogens is 1. The lowest BCUT2D eigenvalue weighted by Gasteiger charge is -2.08. The van der Waals surface area contributed by atoms with Crippen molar-refractivity contribution in [3.05, 3.63) is 79.9 Å². The summed E-state index contributed by atoms with van der Waals surface area (Å²) in [6.07, 6.45) is 1.78. The summed E-state index contributed by atoms with van der Waals surface area (Å²) < 4.78 is 1.82. The molecule has 1 N–H and O–H groups in total. The molecule has 4 rings (SSSR count). The minimum absolute atomic E-state index is 0.00698. The van der Waals surface area contributed by atoms with Gasteiger partial charge in [-0.3, -0.25) is 19.3 Å². The van der Waals surface area contributed by atoms with Crippen molar-refractivity contribution in [2.45, 2.75) is 13.8 Å². The van der Waals surface area contributed by atoms with Gasteiger partial charge in [0.15, 0.2) is 4.96 Å². The van der Waals surface area contributed by atoms with Crippen molar-refractivity contribution >= 4 is 45.2 Å². The first-order valence-corrected chi connectivity index (χ1v) is 9.84. The summed E-state index contributed by atoms with van der Waals surface area (Å²) in [5, 5.41) is 14.4. The van der Waals surface area contributed by atoms with Gasteiger partial charge in [0.1, 0.15) is 4.88 Å². The van der Waals surface area contributed by atoms with Crippen LogP contribution in [0.25, 0.3) is 16.2 Å². The lowest BCUT2D eigenvalue weighted by atomic mass is 10.1. The summed E-state index contributed by atoms with van der Waals surface area (Å²) in [4.78, 5) is 29.1. The van der Waals surface area contributed by atoms with Crippen molar-refractivity contribution in [3.63, 3.8) is 0 Å². The molecule has 0 spiro atoms. The van der Waals surface area contributed by atoms with Crippen LogP contribution in [0.4, 0.5) is 11.4 Å². The Morgan fingerprint density at radius 3 is 2.76 bits per heavy atom. The molecular formula is C20H15ClN4O3S. The molecule has 146 valence electrons. The zero-order chi connectivity index (χ0) is 20.7. The second kappa shape index (κ2) is 7.31. The molecule has 2 aromatic carbocycles. The predicted octanol–water partition coefficient (Wildman–Crippen LogP) is 5.49. The number of anilines is 1. The maximum atomic E-state index is 12.8. The summed E-state index contributed by atoms with van der Waals surface area (Å²) in [5.41, 5.74) is 3.58. The molecule has 2 aromatic heterocycles. The van der Waals surface area contributed by atoms with Crippen LogP contribution in [-0.2, 0) is 0 Å². The molecule has 0 saturated carbocycles. The van der Waals surface area contributed by atoms with Crippen LogP contribution < -0.4 is 5.32 Å². The van der Waals surface area contributed by atoms with Gasteiger partial charge in [0.25, 0.3) is 11.6 Å². The number of rotatable bonds is 4. The van der Waals surface area contributed by atoms with Crippen molar-refractivity contribution in [1.29, 1.82) is 0 Å². The maximum absolute atomic E-state index is 12.8. The van der Waals surface area contributed by atoms with Gasteiger partial charge in [-0.05, 0) is 31.5 Å². The van der Waals surface area contributed by atoms with E-state index in [1.165, 1.54) is 23.5 Å². The number of hydrogen-bond donors (Lipinski definition) is 1. The number of aromatic nitrogens is 2. The number of hydrogen-bond acceptors (Lipinski definition) is 5. The number of benzene rings is 2. The third-order valence-corrected chi connectivity index (χ3v) is 5.95. The van der Waals surface area contributed by atoms with E-state index in [0.29, 0.717) is 31.8 Å². The second-order valence-electron chi connectivity index (χ2n) is 6.52. The first kappa shape index (κ1) is 19.1. The number of aryl methyl sites for hydroxylation is 2. The first-order chi connectivity index (χ1) is 13.8. The standard InChI is InChI=1S/C20H15ClN4O3S/c1-11-6-7-14(21)9-16(11)22-19(26)18-12(2)24-10-17(23-20(24)29-18)13-4-3-5-15(8-13)25(27)28/h3-10H,1-2H3,(H,22,26). The highest BCUT2D eigenvalue weighted by Crippen LogP contribution is 2.30. The summed E-state index contributed by atoms with van der Waals surface area (Å²) in [7, 11) is 0. The monoisotopic (exact) mass is 426 g/mol. The van der Waals surface area contributed by atoms with E-state index in [4.69, 9.17) is 11.6 Å². The molecule has 0 aliphatic rings. The van der Waals surface area contributed by atoms with E-state index in [9.17, 15) is 14.9 Å². The summed E-state index contributed by atoms with van der Waals surface area (Å²) in [6, 6.07) is 11.6. The highest BCUT2D eigenvalue weighted by Gasteiger charge is 2.19. The molecule has 0 radical (unpaired) electrons. The Morgan fingerprint density at radius 2 is 2.03 bits per heavy atom. The van der Waals surface area contributed by atoms with Crippen molar-refractivity contribution in [3.8, 4) is 11.3 Å². The minimum Gasteiger partial charge on any atom is -0.321 e. The molecule has 0 saturated heterocycles. The molecule has 0 bridgehead atoms. The van der Waals surface area contributed by atoms with Crippen molar-refractivity contribution in [2.75, 3.05) is 5.32 Å². The van der Waals surface area contributed by atoms with Crippen molar-refractivity contribution in [2.24, 2.45) is 0 Å². The molecule has 2 heterocycles. The van der Waals surface area contributed by atoms with Gasteiger partial charge in [0, 0.05) is 40.3 Å². The fourth-order valence-corrected chi connectivity index (χ4v) is 4.16. The molecule has 0 unspecified atom stereocenters. The molecule has 29 heavy (non-hydrogen) atoms. The number of carbonyl (C=O) groups is 1. The van der Waals surface area contributed by atoms with Crippen LogP contribution >= 0.6 is 22.9 Å². The molecule has 0 aliphatic carbocycles. The maximum Gasteiger partial charge on any atom is 0.270 e. The van der Waals surface area contributed by atoms with E-state index in [2.05, 4.69) is 10.3 Å². The first-order valence-electron chi connectivity index (χ1n) is 8.64. The molecule has 0 atom stereocenters. The fraction of sp³-hybridized carbons (Fsp3) is 0.100. The average molecular weight is 427 g/mol. The Hall–Kier alpha value is -3.23. The Balaban J connectivity index is 1.66. The number of nitrogens with one attached hydrogen (secondary N) is 1. The van der Waals surface area contributed by atoms with Gasteiger partial charge >= 0.3 is 0 Å². The Morgan fingerprint density at radius 1 is 1.24 bits per heavy atom. The summed E-state index contributed by atoms with van der Waals surface area (Å²) >= 11 is 7.29. The molecule has 0 aliphatic heterocycles. The number of fused-ring (bicyclic) bond motifs is 1. The number of nitro benzene ring substituents is 1. The van der Waals surface area contributed by atoms with E-state index < -0.39 is 4.92 Å². The van der Waals surface area contributed by atoms with Gasteiger partial charge < -0.3 is 5.32 Å². The van der Waals surface area contributed by atoms with Crippen molar-refractivity contribution < 1.29 is 9.72 Å². The van der Waals surface area contributed by atoms with Crippen LogP contribution in [-0.4, -0.2) is 20.2 Å². The molecule has 0 fully saturated rings. The number of non-ortho nitro benzene ring substituents is 1. The van der Waals surface area contributed by atoms with Crippen molar-refractivity contribution in [1.82, 2.24) is 9.38 Å². The van der Waals surface area contributed by atoms with E-state index in [0.717, 1.165) is 11.3 Å². The van der Waals surface area contributed by atoms with Crippen LogP contribution in [0.1, 0.15) is 20.9 Å². The van der Waals surface area contributed by atoms with Gasteiger partial charge in [0.2, 0.25) is 0 Å². The lowest BCUT2D eigenvalue weighted by Crippen LogP contribution is -2.12. The number of nitro groups is 1. The van der Waals surface area contributed by atoms with Crippen LogP contribution in [0, 0.1) is 24.0 Å². The summed E-state index contributed by atoms with van der Waals surface area (Å²) in [6.45, 7) is 3.73. The van der Waals surface area contributed by atoms with Gasteiger partial charge in [-0.2, -0.15) is 0 Å². The molecule has 1 amide bonds. The Kier molecular flexibility index (Phi) is 4.81.